The Morgan fingerprint density at radius 3 is 2.58 bits per heavy atom. The highest BCUT2D eigenvalue weighted by Crippen LogP contribution is 2.36. The van der Waals surface area contributed by atoms with Crippen LogP contribution in [0.2, 0.25) is 0 Å². The van der Waals surface area contributed by atoms with E-state index in [0.29, 0.717) is 23.8 Å². The molecule has 1 saturated carbocycles. The van der Waals surface area contributed by atoms with E-state index in [2.05, 4.69) is 55.5 Å². The van der Waals surface area contributed by atoms with E-state index in [4.69, 9.17) is 4.74 Å². The number of para-hydroxylation sites is 1. The van der Waals surface area contributed by atoms with Crippen molar-refractivity contribution in [3.63, 3.8) is 0 Å². The normalized spacial score (nSPS) is 19.3. The molecule has 2 aromatic carbocycles. The number of anilines is 1. The first-order valence-electron chi connectivity index (χ1n) is 8.86. The van der Waals surface area contributed by atoms with Crippen molar-refractivity contribution in [1.82, 2.24) is 9.97 Å². The summed E-state index contributed by atoms with van der Waals surface area (Å²) in [5.74, 6) is 2.41. The minimum absolute atomic E-state index is 0.336. The third-order valence-corrected chi connectivity index (χ3v) is 5.25. The number of aromatic nitrogens is 2. The number of rotatable bonds is 5. The van der Waals surface area contributed by atoms with Gasteiger partial charge in [-0.2, -0.15) is 4.98 Å². The number of hydrogen-bond donors (Lipinski definition) is 1. The molecule has 1 fully saturated rings. The van der Waals surface area contributed by atoms with E-state index in [1.807, 2.05) is 30.3 Å². The first-order valence-corrected chi connectivity index (χ1v) is 9.65. The molecule has 0 aliphatic heterocycles. The maximum absolute atomic E-state index is 5.81. The monoisotopic (exact) mass is 409 g/mol. The molecule has 26 heavy (non-hydrogen) atoms. The van der Waals surface area contributed by atoms with Gasteiger partial charge in [0, 0.05) is 28.7 Å². The van der Waals surface area contributed by atoms with Crippen LogP contribution in [-0.2, 0) is 0 Å². The van der Waals surface area contributed by atoms with Crippen LogP contribution in [0.15, 0.2) is 71.3 Å². The average Bonchev–Trinajstić information content (AvgIpc) is 3.12. The summed E-state index contributed by atoms with van der Waals surface area (Å²) in [6.07, 6.45) is 5.24. The van der Waals surface area contributed by atoms with Gasteiger partial charge in [0.1, 0.15) is 5.75 Å². The van der Waals surface area contributed by atoms with Crippen molar-refractivity contribution in [2.45, 2.75) is 31.2 Å². The molecule has 0 bridgehead atoms. The summed E-state index contributed by atoms with van der Waals surface area (Å²) in [5.41, 5.74) is 1.36. The molecule has 1 aromatic heterocycles. The van der Waals surface area contributed by atoms with Gasteiger partial charge in [0.2, 0.25) is 11.8 Å². The Hall–Kier alpha value is -2.40. The molecule has 0 saturated heterocycles. The first kappa shape index (κ1) is 17.0. The molecular weight excluding hydrogens is 390 g/mol. The predicted molar refractivity (Wildman–Crippen MR) is 107 cm³/mol. The Morgan fingerprint density at radius 2 is 1.77 bits per heavy atom. The summed E-state index contributed by atoms with van der Waals surface area (Å²) >= 11 is 3.51. The van der Waals surface area contributed by atoms with Gasteiger partial charge in [-0.1, -0.05) is 52.7 Å². The van der Waals surface area contributed by atoms with Crippen molar-refractivity contribution in [2.75, 3.05) is 5.32 Å². The van der Waals surface area contributed by atoms with E-state index >= 15 is 0 Å². The van der Waals surface area contributed by atoms with E-state index in [0.717, 1.165) is 16.6 Å². The molecule has 132 valence electrons. The Bertz CT molecular complexity index is 855. The van der Waals surface area contributed by atoms with Crippen LogP contribution in [0.5, 0.6) is 11.6 Å². The Morgan fingerprint density at radius 1 is 0.962 bits per heavy atom. The molecule has 1 aliphatic rings. The van der Waals surface area contributed by atoms with Gasteiger partial charge in [0.15, 0.2) is 0 Å². The highest BCUT2D eigenvalue weighted by atomic mass is 79.9. The summed E-state index contributed by atoms with van der Waals surface area (Å²) in [4.78, 5) is 8.90. The lowest BCUT2D eigenvalue weighted by Gasteiger charge is -2.21. The molecule has 4 nitrogen and oxygen atoms in total. The van der Waals surface area contributed by atoms with E-state index in [9.17, 15) is 0 Å². The van der Waals surface area contributed by atoms with Crippen LogP contribution in [0.3, 0.4) is 0 Å². The fraction of sp³-hybridized carbons (Fsp3) is 0.238. The Labute approximate surface area is 161 Å². The highest BCUT2D eigenvalue weighted by Gasteiger charge is 2.29. The average molecular weight is 410 g/mol. The zero-order valence-corrected chi connectivity index (χ0v) is 15.9. The molecular formula is C21H20BrN3O. The minimum Gasteiger partial charge on any atom is -0.439 e. The van der Waals surface area contributed by atoms with Crippen LogP contribution < -0.4 is 10.1 Å². The van der Waals surface area contributed by atoms with Crippen LogP contribution in [-0.4, -0.2) is 16.0 Å². The van der Waals surface area contributed by atoms with Gasteiger partial charge in [0.05, 0.1) is 0 Å². The number of nitrogens with one attached hydrogen (secondary N) is 1. The van der Waals surface area contributed by atoms with Crippen molar-refractivity contribution >= 4 is 21.9 Å². The van der Waals surface area contributed by atoms with E-state index in [1.165, 1.54) is 18.4 Å². The third kappa shape index (κ3) is 4.05. The summed E-state index contributed by atoms with van der Waals surface area (Å²) in [5, 5.41) is 3.52. The van der Waals surface area contributed by atoms with Crippen molar-refractivity contribution in [1.29, 1.82) is 0 Å². The van der Waals surface area contributed by atoms with Gasteiger partial charge < -0.3 is 10.1 Å². The van der Waals surface area contributed by atoms with Crippen molar-refractivity contribution in [3.05, 3.63) is 76.9 Å². The lowest BCUT2D eigenvalue weighted by molar-refractivity contribution is 0.462. The molecule has 0 amide bonds. The van der Waals surface area contributed by atoms with Crippen LogP contribution in [0.25, 0.3) is 0 Å². The van der Waals surface area contributed by atoms with Gasteiger partial charge in [-0.25, -0.2) is 4.98 Å². The van der Waals surface area contributed by atoms with Crippen LogP contribution in [0, 0.1) is 0 Å². The fourth-order valence-electron chi connectivity index (χ4n) is 3.49. The van der Waals surface area contributed by atoms with Crippen molar-refractivity contribution in [2.24, 2.45) is 0 Å². The van der Waals surface area contributed by atoms with Crippen LogP contribution in [0.1, 0.15) is 30.7 Å². The van der Waals surface area contributed by atoms with Gasteiger partial charge in [0.25, 0.3) is 0 Å². The second-order valence-electron chi connectivity index (χ2n) is 6.47. The van der Waals surface area contributed by atoms with Gasteiger partial charge in [-0.3, -0.25) is 0 Å². The van der Waals surface area contributed by atoms with E-state index in [-0.39, 0.29) is 0 Å². The molecule has 4 rings (SSSR count). The Kier molecular flexibility index (Phi) is 5.16. The SMILES string of the molecule is Brc1ccc(C2CCCC2Nc2nccc(Oc3ccccc3)n2)cc1. The number of hydrogen-bond acceptors (Lipinski definition) is 4. The topological polar surface area (TPSA) is 47.0 Å². The molecule has 2 atom stereocenters. The summed E-state index contributed by atoms with van der Waals surface area (Å²) in [6.45, 7) is 0. The molecule has 3 aromatic rings. The maximum atomic E-state index is 5.81. The summed E-state index contributed by atoms with van der Waals surface area (Å²) < 4.78 is 6.92. The van der Waals surface area contributed by atoms with E-state index in [1.54, 1.807) is 12.3 Å². The maximum Gasteiger partial charge on any atom is 0.226 e. The second-order valence-corrected chi connectivity index (χ2v) is 7.39. The smallest absolute Gasteiger partial charge is 0.226 e. The zero-order valence-electron chi connectivity index (χ0n) is 14.3. The quantitative estimate of drug-likeness (QED) is 0.579. The first-order chi connectivity index (χ1) is 12.8. The summed E-state index contributed by atoms with van der Waals surface area (Å²) in [6, 6.07) is 20.4. The molecule has 1 N–H and O–H groups in total. The molecule has 1 heterocycles. The minimum atomic E-state index is 0.336. The van der Waals surface area contributed by atoms with Crippen molar-refractivity contribution < 1.29 is 4.74 Å². The number of benzene rings is 2. The predicted octanol–water partition coefficient (Wildman–Crippen LogP) is 5.78. The van der Waals surface area contributed by atoms with Gasteiger partial charge in [-0.05, 0) is 42.7 Å². The van der Waals surface area contributed by atoms with Crippen LogP contribution >= 0.6 is 15.9 Å². The zero-order chi connectivity index (χ0) is 17.8. The number of nitrogens with zero attached hydrogens (tertiary/aromatic N) is 2. The highest BCUT2D eigenvalue weighted by molar-refractivity contribution is 9.10. The Balaban J connectivity index is 1.48. The lowest BCUT2D eigenvalue weighted by Crippen LogP contribution is -2.23. The molecule has 2 unspecified atom stereocenters. The second kappa shape index (κ2) is 7.87. The number of ether oxygens (including phenoxy) is 1. The standard InChI is InChI=1S/C21H20BrN3O/c22-16-11-9-15(10-12-16)18-7-4-8-19(18)24-21-23-14-13-20(25-21)26-17-5-2-1-3-6-17/h1-3,5-6,9-14,18-19H,4,7-8H2,(H,23,24,25). The van der Waals surface area contributed by atoms with E-state index < -0.39 is 0 Å². The van der Waals surface area contributed by atoms with Crippen LogP contribution in [0.4, 0.5) is 5.95 Å². The van der Waals surface area contributed by atoms with Gasteiger partial charge >= 0.3 is 0 Å². The molecule has 0 spiro atoms. The number of halogens is 1. The van der Waals surface area contributed by atoms with Gasteiger partial charge in [-0.15, -0.1) is 0 Å². The lowest BCUT2D eigenvalue weighted by atomic mass is 9.94. The summed E-state index contributed by atoms with van der Waals surface area (Å²) in [7, 11) is 0. The third-order valence-electron chi connectivity index (χ3n) is 4.72. The molecule has 5 heteroatoms. The molecule has 1 aliphatic carbocycles. The largest absolute Gasteiger partial charge is 0.439 e. The molecule has 0 radical (unpaired) electrons. The fourth-order valence-corrected chi connectivity index (χ4v) is 3.75. The van der Waals surface area contributed by atoms with Crippen molar-refractivity contribution in [3.8, 4) is 11.6 Å².